The van der Waals surface area contributed by atoms with Crippen molar-refractivity contribution in [3.05, 3.63) is 53.0 Å². The number of nitrogens with zero attached hydrogens (tertiary/aromatic N) is 7. The van der Waals surface area contributed by atoms with Crippen LogP contribution in [0.1, 0.15) is 5.69 Å². The SMILES string of the molecule is CN(C)c1ncnc2ccc(N3CCN(Cc4nccn(C)c4=O)CC3)cc12. The number of hydrogen-bond donors (Lipinski definition) is 0. The molecule has 0 radical (unpaired) electrons. The average Bonchev–Trinajstić information content (AvgIpc) is 2.71. The molecule has 0 unspecified atom stereocenters. The minimum absolute atomic E-state index is 0.0179. The van der Waals surface area contributed by atoms with Crippen LogP contribution in [0.3, 0.4) is 0 Å². The first-order valence-corrected chi connectivity index (χ1v) is 9.43. The monoisotopic (exact) mass is 379 g/mol. The first-order chi connectivity index (χ1) is 13.5. The highest BCUT2D eigenvalue weighted by Gasteiger charge is 2.19. The van der Waals surface area contributed by atoms with Gasteiger partial charge in [-0.05, 0) is 18.2 Å². The van der Waals surface area contributed by atoms with Gasteiger partial charge in [0.05, 0.1) is 5.52 Å². The van der Waals surface area contributed by atoms with Gasteiger partial charge in [-0.1, -0.05) is 0 Å². The van der Waals surface area contributed by atoms with Crippen molar-refractivity contribution in [3.63, 3.8) is 0 Å². The summed E-state index contributed by atoms with van der Waals surface area (Å²) in [7, 11) is 5.75. The molecule has 0 saturated carbocycles. The maximum absolute atomic E-state index is 12.2. The van der Waals surface area contributed by atoms with E-state index in [0.29, 0.717) is 12.2 Å². The number of piperazine rings is 1. The average molecular weight is 379 g/mol. The van der Waals surface area contributed by atoms with Gasteiger partial charge in [0, 0.05) is 77.3 Å². The summed E-state index contributed by atoms with van der Waals surface area (Å²) in [6.07, 6.45) is 4.99. The molecule has 3 aromatic rings. The van der Waals surface area contributed by atoms with Crippen molar-refractivity contribution in [3.8, 4) is 0 Å². The molecule has 0 atom stereocenters. The van der Waals surface area contributed by atoms with E-state index in [1.807, 2.05) is 19.0 Å². The Labute approximate surface area is 164 Å². The van der Waals surface area contributed by atoms with E-state index < -0.39 is 0 Å². The quantitative estimate of drug-likeness (QED) is 0.673. The number of benzene rings is 1. The molecule has 0 bridgehead atoms. The molecule has 4 rings (SSSR count). The van der Waals surface area contributed by atoms with Crippen molar-refractivity contribution >= 4 is 22.4 Å². The van der Waals surface area contributed by atoms with Crippen LogP contribution in [-0.2, 0) is 13.6 Å². The van der Waals surface area contributed by atoms with E-state index in [1.54, 1.807) is 30.3 Å². The Bertz CT molecular complexity index is 1040. The summed E-state index contributed by atoms with van der Waals surface area (Å²) >= 11 is 0. The highest BCUT2D eigenvalue weighted by atomic mass is 16.1. The largest absolute Gasteiger partial charge is 0.369 e. The molecule has 8 heteroatoms. The lowest BCUT2D eigenvalue weighted by Gasteiger charge is -2.36. The van der Waals surface area contributed by atoms with Crippen LogP contribution < -0.4 is 15.4 Å². The second-order valence-electron chi connectivity index (χ2n) is 7.35. The van der Waals surface area contributed by atoms with Crippen LogP contribution in [0.25, 0.3) is 10.9 Å². The summed E-state index contributed by atoms with van der Waals surface area (Å²) < 4.78 is 1.58. The normalized spacial score (nSPS) is 15.2. The van der Waals surface area contributed by atoms with Crippen molar-refractivity contribution in [2.75, 3.05) is 50.1 Å². The number of aromatic nitrogens is 4. The number of aryl methyl sites for hydroxylation is 1. The molecule has 0 N–H and O–H groups in total. The third kappa shape index (κ3) is 3.55. The Kier molecular flexibility index (Phi) is 4.95. The van der Waals surface area contributed by atoms with Crippen LogP contribution in [0.5, 0.6) is 0 Å². The molecule has 0 spiro atoms. The number of fused-ring (bicyclic) bond motifs is 1. The van der Waals surface area contributed by atoms with Crippen LogP contribution >= 0.6 is 0 Å². The van der Waals surface area contributed by atoms with E-state index >= 15 is 0 Å². The lowest BCUT2D eigenvalue weighted by molar-refractivity contribution is 0.245. The van der Waals surface area contributed by atoms with Gasteiger partial charge in [-0.2, -0.15) is 0 Å². The van der Waals surface area contributed by atoms with Gasteiger partial charge in [-0.25, -0.2) is 9.97 Å². The van der Waals surface area contributed by atoms with Crippen molar-refractivity contribution in [2.24, 2.45) is 7.05 Å². The molecule has 1 saturated heterocycles. The van der Waals surface area contributed by atoms with Crippen LogP contribution in [0, 0.1) is 0 Å². The molecule has 1 aliphatic rings. The summed E-state index contributed by atoms with van der Waals surface area (Å²) in [6, 6.07) is 6.36. The van der Waals surface area contributed by atoms with Gasteiger partial charge < -0.3 is 14.4 Å². The van der Waals surface area contributed by atoms with Crippen molar-refractivity contribution in [1.82, 2.24) is 24.4 Å². The summed E-state index contributed by atoms with van der Waals surface area (Å²) in [5.41, 5.74) is 2.72. The van der Waals surface area contributed by atoms with Gasteiger partial charge in [0.15, 0.2) is 0 Å². The third-order valence-corrected chi connectivity index (χ3v) is 5.22. The van der Waals surface area contributed by atoms with Gasteiger partial charge in [0.25, 0.3) is 5.56 Å². The minimum atomic E-state index is -0.0179. The number of hydrogen-bond acceptors (Lipinski definition) is 7. The fourth-order valence-electron chi connectivity index (χ4n) is 3.62. The van der Waals surface area contributed by atoms with Gasteiger partial charge in [-0.3, -0.25) is 14.7 Å². The van der Waals surface area contributed by atoms with Crippen LogP contribution in [0.15, 0.2) is 41.7 Å². The maximum atomic E-state index is 12.2. The molecule has 146 valence electrons. The standard InChI is InChI=1S/C20H25N7O/c1-24(2)19-16-12-15(4-5-17(16)22-14-23-19)27-10-8-26(9-11-27)13-18-20(28)25(3)7-6-21-18/h4-7,12,14H,8-11,13H2,1-3H3. The molecule has 8 nitrogen and oxygen atoms in total. The van der Waals surface area contributed by atoms with Crippen LogP contribution in [0.2, 0.25) is 0 Å². The van der Waals surface area contributed by atoms with E-state index in [1.165, 1.54) is 5.69 Å². The molecular formula is C20H25N7O. The minimum Gasteiger partial charge on any atom is -0.369 e. The van der Waals surface area contributed by atoms with Gasteiger partial charge in [0.1, 0.15) is 17.8 Å². The highest BCUT2D eigenvalue weighted by Crippen LogP contribution is 2.27. The molecule has 1 fully saturated rings. The summed E-state index contributed by atoms with van der Waals surface area (Å²) in [6.45, 7) is 4.19. The van der Waals surface area contributed by atoms with E-state index in [0.717, 1.165) is 42.9 Å². The fraction of sp³-hybridized carbons (Fsp3) is 0.400. The van der Waals surface area contributed by atoms with E-state index in [4.69, 9.17) is 0 Å². The predicted molar refractivity (Wildman–Crippen MR) is 111 cm³/mol. The van der Waals surface area contributed by atoms with Crippen molar-refractivity contribution in [1.29, 1.82) is 0 Å². The summed E-state index contributed by atoms with van der Waals surface area (Å²) in [5, 5.41) is 1.06. The number of anilines is 2. The lowest BCUT2D eigenvalue weighted by atomic mass is 10.1. The van der Waals surface area contributed by atoms with E-state index in [2.05, 4.69) is 43.0 Å². The van der Waals surface area contributed by atoms with E-state index in [9.17, 15) is 4.79 Å². The second-order valence-corrected chi connectivity index (χ2v) is 7.35. The molecule has 28 heavy (non-hydrogen) atoms. The Morgan fingerprint density at radius 2 is 1.86 bits per heavy atom. The van der Waals surface area contributed by atoms with Gasteiger partial charge in [-0.15, -0.1) is 0 Å². The number of rotatable bonds is 4. The van der Waals surface area contributed by atoms with Crippen molar-refractivity contribution < 1.29 is 0 Å². The Balaban J connectivity index is 1.48. The fourth-order valence-corrected chi connectivity index (χ4v) is 3.62. The summed E-state index contributed by atoms with van der Waals surface area (Å²) in [5.74, 6) is 0.927. The smallest absolute Gasteiger partial charge is 0.273 e. The molecular weight excluding hydrogens is 354 g/mol. The Morgan fingerprint density at radius 1 is 1.07 bits per heavy atom. The lowest BCUT2D eigenvalue weighted by Crippen LogP contribution is -2.46. The zero-order valence-electron chi connectivity index (χ0n) is 16.5. The predicted octanol–water partition coefficient (Wildman–Crippen LogP) is 1.11. The van der Waals surface area contributed by atoms with Gasteiger partial charge in [0.2, 0.25) is 0 Å². The first-order valence-electron chi connectivity index (χ1n) is 9.43. The topological polar surface area (TPSA) is 70.4 Å². The molecule has 2 aromatic heterocycles. The second kappa shape index (κ2) is 7.55. The highest BCUT2D eigenvalue weighted by molar-refractivity contribution is 5.91. The van der Waals surface area contributed by atoms with E-state index in [-0.39, 0.29) is 5.56 Å². The molecule has 0 amide bonds. The third-order valence-electron chi connectivity index (χ3n) is 5.22. The zero-order chi connectivity index (χ0) is 19.7. The molecule has 1 aliphatic heterocycles. The van der Waals surface area contributed by atoms with Crippen molar-refractivity contribution in [2.45, 2.75) is 6.54 Å². The van der Waals surface area contributed by atoms with Crippen LogP contribution in [-0.4, -0.2) is 64.7 Å². The first kappa shape index (κ1) is 18.4. The van der Waals surface area contributed by atoms with Gasteiger partial charge >= 0.3 is 0 Å². The Hall–Kier alpha value is -3.00. The maximum Gasteiger partial charge on any atom is 0.273 e. The molecule has 3 heterocycles. The molecule has 1 aromatic carbocycles. The Morgan fingerprint density at radius 3 is 2.61 bits per heavy atom. The molecule has 0 aliphatic carbocycles. The van der Waals surface area contributed by atoms with Crippen LogP contribution in [0.4, 0.5) is 11.5 Å². The summed E-state index contributed by atoms with van der Waals surface area (Å²) in [4.78, 5) is 31.9. The zero-order valence-corrected chi connectivity index (χ0v) is 16.5.